The minimum Gasteiger partial charge on any atom is -0.311 e. The Morgan fingerprint density at radius 3 is 2.63 bits per heavy atom. The van der Waals surface area contributed by atoms with Crippen LogP contribution in [0.4, 0.5) is 0 Å². The van der Waals surface area contributed by atoms with Gasteiger partial charge in [0.15, 0.2) is 0 Å². The molecule has 0 saturated heterocycles. The first-order chi connectivity index (χ1) is 8.92. The second-order valence-electron chi connectivity index (χ2n) is 6.33. The molecule has 0 spiro atoms. The molecule has 0 amide bonds. The lowest BCUT2D eigenvalue weighted by Crippen LogP contribution is -2.33. The van der Waals surface area contributed by atoms with E-state index in [2.05, 4.69) is 62.4 Å². The van der Waals surface area contributed by atoms with Crippen LogP contribution in [-0.4, -0.2) is 16.3 Å². The number of hydrogen-bond acceptors (Lipinski definition) is 2. The van der Waals surface area contributed by atoms with Gasteiger partial charge in [-0.3, -0.25) is 4.68 Å². The molecule has 0 aliphatic rings. The Morgan fingerprint density at radius 1 is 1.26 bits per heavy atom. The van der Waals surface area contributed by atoms with E-state index in [1.165, 1.54) is 10.9 Å². The van der Waals surface area contributed by atoms with E-state index in [-0.39, 0.29) is 0 Å². The molecule has 2 rings (SSSR count). The van der Waals surface area contributed by atoms with E-state index >= 15 is 0 Å². The van der Waals surface area contributed by atoms with Crippen LogP contribution in [0.1, 0.15) is 33.4 Å². The summed E-state index contributed by atoms with van der Waals surface area (Å²) in [4.78, 5) is 0. The zero-order chi connectivity index (χ0) is 14.0. The lowest BCUT2D eigenvalue weighted by atomic mass is 9.81. The number of nitrogens with one attached hydrogen (secondary N) is 1. The number of para-hydroxylation sites is 1. The van der Waals surface area contributed by atoms with E-state index in [1.807, 2.05) is 11.7 Å². The third-order valence-corrected chi connectivity index (χ3v) is 4.27. The summed E-state index contributed by atoms with van der Waals surface area (Å²) in [5.74, 6) is 0.667. The van der Waals surface area contributed by atoms with E-state index in [1.54, 1.807) is 0 Å². The van der Waals surface area contributed by atoms with Crippen molar-refractivity contribution in [3.8, 4) is 0 Å². The maximum atomic E-state index is 4.61. The van der Waals surface area contributed by atoms with Crippen molar-refractivity contribution in [2.75, 3.05) is 6.54 Å². The minimum absolute atomic E-state index is 0.310. The number of benzene rings is 1. The molecule has 1 heterocycles. The molecule has 0 unspecified atom stereocenters. The lowest BCUT2D eigenvalue weighted by Gasteiger charge is -2.29. The maximum Gasteiger partial charge on any atom is 0.0841 e. The van der Waals surface area contributed by atoms with Crippen molar-refractivity contribution in [3.05, 3.63) is 30.0 Å². The Balaban J connectivity index is 2.07. The van der Waals surface area contributed by atoms with E-state index in [4.69, 9.17) is 0 Å². The van der Waals surface area contributed by atoms with Gasteiger partial charge in [-0.25, -0.2) is 0 Å². The third-order valence-electron chi connectivity index (χ3n) is 4.27. The van der Waals surface area contributed by atoms with E-state index in [0.29, 0.717) is 11.3 Å². The van der Waals surface area contributed by atoms with Crippen LogP contribution in [0.25, 0.3) is 10.9 Å². The summed E-state index contributed by atoms with van der Waals surface area (Å²) in [7, 11) is 2.00. The van der Waals surface area contributed by atoms with Crippen molar-refractivity contribution < 1.29 is 0 Å². The van der Waals surface area contributed by atoms with Crippen LogP contribution in [0.2, 0.25) is 0 Å². The molecule has 2 aromatic rings. The van der Waals surface area contributed by atoms with Gasteiger partial charge in [-0.15, -0.1) is 0 Å². The van der Waals surface area contributed by atoms with Crippen molar-refractivity contribution in [2.24, 2.45) is 18.4 Å². The Morgan fingerprint density at radius 2 is 1.95 bits per heavy atom. The quantitative estimate of drug-likeness (QED) is 0.892. The van der Waals surface area contributed by atoms with E-state index in [9.17, 15) is 0 Å². The van der Waals surface area contributed by atoms with Gasteiger partial charge in [0.25, 0.3) is 0 Å². The molecule has 3 nitrogen and oxygen atoms in total. The molecule has 0 bridgehead atoms. The monoisotopic (exact) mass is 259 g/mol. The van der Waals surface area contributed by atoms with Gasteiger partial charge in [0.2, 0.25) is 0 Å². The van der Waals surface area contributed by atoms with Gasteiger partial charge in [0.05, 0.1) is 11.2 Å². The lowest BCUT2D eigenvalue weighted by molar-refractivity contribution is 0.237. The summed E-state index contributed by atoms with van der Waals surface area (Å²) in [5.41, 5.74) is 2.64. The van der Waals surface area contributed by atoms with Crippen LogP contribution in [0, 0.1) is 11.3 Å². The standard InChI is InChI=1S/C16H25N3/c1-12(2)16(3,4)11-17-10-14-13-8-6-7-9-15(13)19(5)18-14/h6-9,12,17H,10-11H2,1-5H3. The molecule has 0 radical (unpaired) electrons. The normalized spacial score (nSPS) is 12.5. The molecular weight excluding hydrogens is 234 g/mol. The topological polar surface area (TPSA) is 29.9 Å². The largest absolute Gasteiger partial charge is 0.311 e. The highest BCUT2D eigenvalue weighted by molar-refractivity contribution is 5.81. The average Bonchev–Trinajstić information content (AvgIpc) is 2.67. The first-order valence-electron chi connectivity index (χ1n) is 7.03. The average molecular weight is 259 g/mol. The van der Waals surface area contributed by atoms with Gasteiger partial charge in [-0.1, -0.05) is 45.9 Å². The predicted octanol–water partition coefficient (Wildman–Crippen LogP) is 3.35. The summed E-state index contributed by atoms with van der Waals surface area (Å²) < 4.78 is 1.96. The third kappa shape index (κ3) is 2.98. The highest BCUT2D eigenvalue weighted by Crippen LogP contribution is 2.25. The van der Waals surface area contributed by atoms with Gasteiger partial charge in [0.1, 0.15) is 0 Å². The smallest absolute Gasteiger partial charge is 0.0841 e. The fourth-order valence-corrected chi connectivity index (χ4v) is 2.13. The number of nitrogens with zero attached hydrogens (tertiary/aromatic N) is 2. The van der Waals surface area contributed by atoms with Crippen LogP contribution in [-0.2, 0) is 13.6 Å². The zero-order valence-corrected chi connectivity index (χ0v) is 12.7. The minimum atomic E-state index is 0.310. The second kappa shape index (κ2) is 5.33. The molecule has 0 fully saturated rings. The summed E-state index contributed by atoms with van der Waals surface area (Å²) >= 11 is 0. The van der Waals surface area contributed by atoms with Gasteiger partial charge in [-0.2, -0.15) is 5.10 Å². The fourth-order valence-electron chi connectivity index (χ4n) is 2.13. The first kappa shape index (κ1) is 14.1. The number of aryl methyl sites for hydroxylation is 1. The van der Waals surface area contributed by atoms with E-state index < -0.39 is 0 Å². The molecule has 0 saturated carbocycles. The highest BCUT2D eigenvalue weighted by Gasteiger charge is 2.21. The van der Waals surface area contributed by atoms with Crippen molar-refractivity contribution >= 4 is 10.9 Å². The molecule has 0 aliphatic heterocycles. The van der Waals surface area contributed by atoms with Crippen LogP contribution < -0.4 is 5.32 Å². The summed E-state index contributed by atoms with van der Waals surface area (Å²) in [6.07, 6.45) is 0. The molecule has 0 aliphatic carbocycles. The van der Waals surface area contributed by atoms with Crippen molar-refractivity contribution in [1.82, 2.24) is 15.1 Å². The van der Waals surface area contributed by atoms with Crippen LogP contribution in [0.15, 0.2) is 24.3 Å². The van der Waals surface area contributed by atoms with Crippen LogP contribution in [0.5, 0.6) is 0 Å². The SMILES string of the molecule is CC(C)C(C)(C)CNCc1nn(C)c2ccccc12. The Kier molecular flexibility index (Phi) is 3.95. The summed E-state index contributed by atoms with van der Waals surface area (Å²) in [5, 5.41) is 9.41. The zero-order valence-electron chi connectivity index (χ0n) is 12.7. The first-order valence-corrected chi connectivity index (χ1v) is 7.03. The van der Waals surface area contributed by atoms with Crippen LogP contribution in [0.3, 0.4) is 0 Å². The van der Waals surface area contributed by atoms with E-state index in [0.717, 1.165) is 18.8 Å². The van der Waals surface area contributed by atoms with Crippen molar-refractivity contribution in [2.45, 2.75) is 34.2 Å². The molecule has 0 atom stereocenters. The molecular formula is C16H25N3. The molecule has 1 aromatic heterocycles. The summed E-state index contributed by atoms with van der Waals surface area (Å²) in [6.45, 7) is 11.0. The Hall–Kier alpha value is -1.35. The number of hydrogen-bond donors (Lipinski definition) is 1. The molecule has 19 heavy (non-hydrogen) atoms. The second-order valence-corrected chi connectivity index (χ2v) is 6.33. The fraction of sp³-hybridized carbons (Fsp3) is 0.562. The molecule has 1 aromatic carbocycles. The molecule has 3 heteroatoms. The molecule has 1 N–H and O–H groups in total. The van der Waals surface area contributed by atoms with Gasteiger partial charge in [-0.05, 0) is 17.4 Å². The van der Waals surface area contributed by atoms with Crippen molar-refractivity contribution in [3.63, 3.8) is 0 Å². The summed E-state index contributed by atoms with van der Waals surface area (Å²) in [6, 6.07) is 8.39. The van der Waals surface area contributed by atoms with Crippen LogP contribution >= 0.6 is 0 Å². The number of rotatable bonds is 5. The van der Waals surface area contributed by atoms with Gasteiger partial charge >= 0.3 is 0 Å². The Labute approximate surface area is 116 Å². The number of fused-ring (bicyclic) bond motifs is 1. The maximum absolute atomic E-state index is 4.61. The Bertz CT molecular complexity index is 552. The van der Waals surface area contributed by atoms with Gasteiger partial charge < -0.3 is 5.32 Å². The van der Waals surface area contributed by atoms with Crippen molar-refractivity contribution in [1.29, 1.82) is 0 Å². The number of aromatic nitrogens is 2. The molecule has 104 valence electrons. The van der Waals surface area contributed by atoms with Gasteiger partial charge in [0, 0.05) is 25.5 Å². The highest BCUT2D eigenvalue weighted by atomic mass is 15.3. The predicted molar refractivity (Wildman–Crippen MR) is 81.0 cm³/mol.